The summed E-state index contributed by atoms with van der Waals surface area (Å²) in [5.41, 5.74) is 0. The highest BCUT2D eigenvalue weighted by atomic mass is 32.2. The molecule has 0 fully saturated rings. The van der Waals surface area contributed by atoms with Gasteiger partial charge in [-0.05, 0) is 32.0 Å². The number of aromatic nitrogens is 2. The summed E-state index contributed by atoms with van der Waals surface area (Å²) in [6, 6.07) is 5.21. The van der Waals surface area contributed by atoms with Crippen LogP contribution in [0.4, 0.5) is 0 Å². The first kappa shape index (κ1) is 13.3. The van der Waals surface area contributed by atoms with Crippen molar-refractivity contribution in [2.24, 2.45) is 0 Å². The Bertz CT molecular complexity index is 617. The molecule has 7 heteroatoms. The van der Waals surface area contributed by atoms with E-state index in [-0.39, 0.29) is 11.1 Å². The van der Waals surface area contributed by atoms with Crippen LogP contribution in [0.3, 0.4) is 0 Å². The van der Waals surface area contributed by atoms with Gasteiger partial charge in [-0.3, -0.25) is 5.10 Å². The third-order valence-corrected chi connectivity index (χ3v) is 5.88. The van der Waals surface area contributed by atoms with Crippen LogP contribution in [0.25, 0.3) is 0 Å². The summed E-state index contributed by atoms with van der Waals surface area (Å²) in [4.78, 5) is 2.20. The fourth-order valence-electron chi connectivity index (χ4n) is 1.61. The molecule has 0 aromatic carbocycles. The first-order valence-corrected chi connectivity index (χ1v) is 7.72. The predicted molar refractivity (Wildman–Crippen MR) is 71.0 cm³/mol. The molecule has 0 bridgehead atoms. The van der Waals surface area contributed by atoms with E-state index in [2.05, 4.69) is 10.2 Å². The number of nitrogens with zero attached hydrogens (tertiary/aromatic N) is 2. The average Bonchev–Trinajstić information content (AvgIpc) is 2.97. The van der Waals surface area contributed by atoms with Crippen molar-refractivity contribution in [3.05, 3.63) is 34.2 Å². The van der Waals surface area contributed by atoms with Gasteiger partial charge in [-0.2, -0.15) is 9.40 Å². The Morgan fingerprint density at radius 1 is 1.39 bits per heavy atom. The van der Waals surface area contributed by atoms with E-state index in [1.807, 2.05) is 26.0 Å². The van der Waals surface area contributed by atoms with E-state index in [1.165, 1.54) is 21.4 Å². The number of hydrogen-bond donors (Lipinski definition) is 1. The minimum atomic E-state index is -3.51. The van der Waals surface area contributed by atoms with Gasteiger partial charge < -0.3 is 0 Å². The molecule has 0 aliphatic heterocycles. The van der Waals surface area contributed by atoms with Crippen molar-refractivity contribution in [2.75, 3.05) is 7.05 Å². The normalized spacial score (nSPS) is 14.0. The van der Waals surface area contributed by atoms with Gasteiger partial charge in [0, 0.05) is 16.8 Å². The van der Waals surface area contributed by atoms with Crippen LogP contribution in [0.1, 0.15) is 22.7 Å². The van der Waals surface area contributed by atoms with Crippen molar-refractivity contribution in [2.45, 2.75) is 24.9 Å². The van der Waals surface area contributed by atoms with Crippen molar-refractivity contribution < 1.29 is 8.42 Å². The maximum Gasteiger partial charge on any atom is 0.260 e. The predicted octanol–water partition coefficient (Wildman–Crippen LogP) is 2.16. The highest BCUT2D eigenvalue weighted by Gasteiger charge is 2.27. The Balaban J connectivity index is 2.29. The van der Waals surface area contributed by atoms with E-state index in [0.29, 0.717) is 0 Å². The summed E-state index contributed by atoms with van der Waals surface area (Å²) in [5.74, 6) is 0. The number of hydrogen-bond acceptors (Lipinski definition) is 4. The zero-order chi connectivity index (χ0) is 13.3. The van der Waals surface area contributed by atoms with Gasteiger partial charge in [0.05, 0.1) is 12.2 Å². The first-order valence-electron chi connectivity index (χ1n) is 5.46. The van der Waals surface area contributed by atoms with E-state index < -0.39 is 10.0 Å². The molecule has 18 heavy (non-hydrogen) atoms. The highest BCUT2D eigenvalue weighted by molar-refractivity contribution is 7.89. The van der Waals surface area contributed by atoms with Crippen LogP contribution >= 0.6 is 11.3 Å². The quantitative estimate of drug-likeness (QED) is 0.936. The van der Waals surface area contributed by atoms with Gasteiger partial charge in [-0.15, -0.1) is 11.3 Å². The molecule has 98 valence electrons. The molecule has 1 N–H and O–H groups in total. The number of nitrogens with one attached hydrogen (secondary N) is 1. The standard InChI is InChI=1S/C11H15N3O2S2/c1-8-4-5-10(17-8)9(2)14(3)18(15,16)11-6-7-12-13-11/h4-7,9H,1-3H3,(H,12,13). The summed E-state index contributed by atoms with van der Waals surface area (Å²) in [7, 11) is -1.93. The molecule has 0 aliphatic rings. The lowest BCUT2D eigenvalue weighted by atomic mass is 10.3. The molecular formula is C11H15N3O2S2. The van der Waals surface area contributed by atoms with Crippen LogP contribution in [0.15, 0.2) is 29.4 Å². The second-order valence-electron chi connectivity index (χ2n) is 4.07. The molecule has 0 saturated carbocycles. The summed E-state index contributed by atoms with van der Waals surface area (Å²) < 4.78 is 25.9. The number of aromatic amines is 1. The zero-order valence-corrected chi connectivity index (χ0v) is 12.0. The largest absolute Gasteiger partial charge is 0.266 e. The van der Waals surface area contributed by atoms with Crippen molar-refractivity contribution in [1.82, 2.24) is 14.5 Å². The fourth-order valence-corrected chi connectivity index (χ4v) is 3.89. The lowest BCUT2D eigenvalue weighted by molar-refractivity contribution is 0.401. The Kier molecular flexibility index (Phi) is 3.56. The smallest absolute Gasteiger partial charge is 0.260 e. The van der Waals surface area contributed by atoms with Gasteiger partial charge in [0.25, 0.3) is 10.0 Å². The molecule has 0 saturated heterocycles. The van der Waals surface area contributed by atoms with Gasteiger partial charge in [0.15, 0.2) is 5.03 Å². The van der Waals surface area contributed by atoms with Crippen LogP contribution in [-0.2, 0) is 10.0 Å². The Morgan fingerprint density at radius 3 is 2.61 bits per heavy atom. The van der Waals surface area contributed by atoms with Crippen LogP contribution in [-0.4, -0.2) is 30.0 Å². The average molecular weight is 285 g/mol. The van der Waals surface area contributed by atoms with Gasteiger partial charge >= 0.3 is 0 Å². The van der Waals surface area contributed by atoms with E-state index in [0.717, 1.165) is 4.88 Å². The van der Waals surface area contributed by atoms with E-state index in [4.69, 9.17) is 0 Å². The monoisotopic (exact) mass is 285 g/mol. The molecule has 0 spiro atoms. The Morgan fingerprint density at radius 2 is 2.11 bits per heavy atom. The molecule has 1 unspecified atom stereocenters. The molecule has 0 aliphatic carbocycles. The summed E-state index contributed by atoms with van der Waals surface area (Å²) in [6.45, 7) is 3.88. The molecule has 5 nitrogen and oxygen atoms in total. The number of aryl methyl sites for hydroxylation is 1. The molecule has 2 aromatic rings. The molecule has 2 aromatic heterocycles. The number of rotatable bonds is 4. The fraction of sp³-hybridized carbons (Fsp3) is 0.364. The molecule has 2 rings (SSSR count). The molecule has 1 atom stereocenters. The van der Waals surface area contributed by atoms with Gasteiger partial charge in [0.2, 0.25) is 0 Å². The third kappa shape index (κ3) is 2.33. The van der Waals surface area contributed by atoms with Crippen LogP contribution < -0.4 is 0 Å². The Labute approximate surface area is 111 Å². The minimum absolute atomic E-state index is 0.116. The van der Waals surface area contributed by atoms with E-state index >= 15 is 0 Å². The first-order chi connectivity index (χ1) is 8.43. The molecule has 0 radical (unpaired) electrons. The van der Waals surface area contributed by atoms with Gasteiger partial charge in [0.1, 0.15) is 0 Å². The lowest BCUT2D eigenvalue weighted by Crippen LogP contribution is -2.29. The highest BCUT2D eigenvalue weighted by Crippen LogP contribution is 2.29. The second-order valence-corrected chi connectivity index (χ2v) is 7.35. The number of sulfonamides is 1. The molecular weight excluding hydrogens is 270 g/mol. The van der Waals surface area contributed by atoms with Gasteiger partial charge in [-0.25, -0.2) is 8.42 Å². The number of thiophene rings is 1. The van der Waals surface area contributed by atoms with E-state index in [1.54, 1.807) is 18.4 Å². The SMILES string of the molecule is Cc1ccc(C(C)N(C)S(=O)(=O)c2ccn[nH]2)s1. The van der Waals surface area contributed by atoms with E-state index in [9.17, 15) is 8.42 Å². The zero-order valence-electron chi connectivity index (χ0n) is 10.4. The number of H-pyrrole nitrogens is 1. The second kappa shape index (κ2) is 4.83. The van der Waals surface area contributed by atoms with Crippen molar-refractivity contribution in [3.8, 4) is 0 Å². The van der Waals surface area contributed by atoms with Crippen molar-refractivity contribution >= 4 is 21.4 Å². The van der Waals surface area contributed by atoms with Crippen LogP contribution in [0.2, 0.25) is 0 Å². The molecule has 2 heterocycles. The van der Waals surface area contributed by atoms with Gasteiger partial charge in [-0.1, -0.05) is 0 Å². The van der Waals surface area contributed by atoms with Crippen LogP contribution in [0.5, 0.6) is 0 Å². The molecule has 0 amide bonds. The topological polar surface area (TPSA) is 66.1 Å². The third-order valence-electron chi connectivity index (χ3n) is 2.85. The van der Waals surface area contributed by atoms with Crippen LogP contribution in [0, 0.1) is 6.92 Å². The summed E-state index contributed by atoms with van der Waals surface area (Å²) >= 11 is 1.61. The van der Waals surface area contributed by atoms with Crippen molar-refractivity contribution in [3.63, 3.8) is 0 Å². The Hall–Kier alpha value is -1.18. The lowest BCUT2D eigenvalue weighted by Gasteiger charge is -2.22. The minimum Gasteiger partial charge on any atom is -0.266 e. The maximum atomic E-state index is 12.3. The van der Waals surface area contributed by atoms with Crippen molar-refractivity contribution in [1.29, 1.82) is 0 Å². The maximum absolute atomic E-state index is 12.3. The summed E-state index contributed by atoms with van der Waals surface area (Å²) in [5, 5.41) is 6.29. The summed E-state index contributed by atoms with van der Waals surface area (Å²) in [6.07, 6.45) is 1.43.